The van der Waals surface area contributed by atoms with E-state index >= 15 is 0 Å². The Labute approximate surface area is 114 Å². The minimum atomic E-state index is -0.948. The first kappa shape index (κ1) is 15.8. The number of benzene rings is 1. The predicted molar refractivity (Wildman–Crippen MR) is 73.6 cm³/mol. The molecule has 0 saturated carbocycles. The molecule has 0 aliphatic rings. The molecule has 5 heteroatoms. The lowest BCUT2D eigenvalue weighted by Gasteiger charge is -2.24. The van der Waals surface area contributed by atoms with Gasteiger partial charge in [-0.25, -0.2) is 0 Å². The standard InChI is InChI=1S/C14H23NO4/c1-4-15-9-14(2,17)10-19-12-6-5-11(8-16)7-13(12)18-3/h5-7,15-17H,4,8-10H2,1-3H3. The van der Waals surface area contributed by atoms with Crippen LogP contribution in [0, 0.1) is 0 Å². The van der Waals surface area contributed by atoms with Crippen molar-refractivity contribution in [2.75, 3.05) is 26.8 Å². The lowest BCUT2D eigenvalue weighted by atomic mass is 10.1. The van der Waals surface area contributed by atoms with Crippen molar-refractivity contribution in [1.82, 2.24) is 5.32 Å². The summed E-state index contributed by atoms with van der Waals surface area (Å²) in [6.07, 6.45) is 0. The number of aliphatic hydroxyl groups is 2. The van der Waals surface area contributed by atoms with Crippen LogP contribution in [0.5, 0.6) is 11.5 Å². The van der Waals surface area contributed by atoms with Gasteiger partial charge < -0.3 is 25.0 Å². The number of rotatable bonds is 8. The van der Waals surface area contributed by atoms with Crippen LogP contribution in [0.2, 0.25) is 0 Å². The number of ether oxygens (including phenoxy) is 2. The minimum Gasteiger partial charge on any atom is -0.493 e. The molecular formula is C14H23NO4. The van der Waals surface area contributed by atoms with Crippen molar-refractivity contribution in [3.05, 3.63) is 23.8 Å². The molecule has 0 aliphatic carbocycles. The van der Waals surface area contributed by atoms with Gasteiger partial charge in [0.15, 0.2) is 11.5 Å². The Morgan fingerprint density at radius 3 is 2.63 bits per heavy atom. The number of likely N-dealkylation sites (N-methyl/N-ethyl adjacent to an activating group) is 1. The number of aliphatic hydroxyl groups excluding tert-OH is 1. The van der Waals surface area contributed by atoms with E-state index in [1.54, 1.807) is 32.2 Å². The summed E-state index contributed by atoms with van der Waals surface area (Å²) in [5, 5.41) is 22.2. The van der Waals surface area contributed by atoms with Crippen LogP contribution in [0.4, 0.5) is 0 Å². The van der Waals surface area contributed by atoms with Crippen LogP contribution in [-0.4, -0.2) is 42.6 Å². The first-order chi connectivity index (χ1) is 9.02. The van der Waals surface area contributed by atoms with Crippen LogP contribution in [-0.2, 0) is 6.61 Å². The third-order valence-electron chi connectivity index (χ3n) is 2.71. The Kier molecular flexibility index (Phi) is 6.08. The largest absolute Gasteiger partial charge is 0.493 e. The van der Waals surface area contributed by atoms with Crippen molar-refractivity contribution >= 4 is 0 Å². The summed E-state index contributed by atoms with van der Waals surface area (Å²) in [5.41, 5.74) is -0.194. The fourth-order valence-corrected chi connectivity index (χ4v) is 1.61. The van der Waals surface area contributed by atoms with Gasteiger partial charge in [-0.05, 0) is 31.2 Å². The molecule has 0 aliphatic heterocycles. The fraction of sp³-hybridized carbons (Fsp3) is 0.571. The van der Waals surface area contributed by atoms with Crippen LogP contribution in [0.15, 0.2) is 18.2 Å². The van der Waals surface area contributed by atoms with Crippen molar-refractivity contribution in [1.29, 1.82) is 0 Å². The van der Waals surface area contributed by atoms with Crippen molar-refractivity contribution in [2.45, 2.75) is 26.1 Å². The van der Waals surface area contributed by atoms with Crippen molar-refractivity contribution in [3.8, 4) is 11.5 Å². The highest BCUT2D eigenvalue weighted by atomic mass is 16.5. The normalized spacial score (nSPS) is 13.9. The number of hydrogen-bond acceptors (Lipinski definition) is 5. The van der Waals surface area contributed by atoms with Crippen LogP contribution in [0.1, 0.15) is 19.4 Å². The molecule has 1 aromatic carbocycles. The molecule has 0 heterocycles. The summed E-state index contributed by atoms with van der Waals surface area (Å²) < 4.78 is 10.8. The third-order valence-corrected chi connectivity index (χ3v) is 2.71. The number of methoxy groups -OCH3 is 1. The second-order valence-electron chi connectivity index (χ2n) is 4.71. The minimum absolute atomic E-state index is 0.0468. The molecule has 0 bridgehead atoms. The van der Waals surface area contributed by atoms with Gasteiger partial charge in [-0.1, -0.05) is 13.0 Å². The second-order valence-corrected chi connectivity index (χ2v) is 4.71. The van der Waals surface area contributed by atoms with Gasteiger partial charge in [-0.3, -0.25) is 0 Å². The van der Waals surface area contributed by atoms with E-state index in [4.69, 9.17) is 14.6 Å². The highest BCUT2D eigenvalue weighted by Crippen LogP contribution is 2.28. The quantitative estimate of drug-likeness (QED) is 0.655. The molecule has 5 nitrogen and oxygen atoms in total. The summed E-state index contributed by atoms with van der Waals surface area (Å²) in [6.45, 7) is 5.06. The van der Waals surface area contributed by atoms with Crippen LogP contribution in [0.3, 0.4) is 0 Å². The third kappa shape index (κ3) is 5.06. The highest BCUT2D eigenvalue weighted by molar-refractivity contribution is 5.42. The van der Waals surface area contributed by atoms with Crippen molar-refractivity contribution in [3.63, 3.8) is 0 Å². The first-order valence-corrected chi connectivity index (χ1v) is 6.36. The van der Waals surface area contributed by atoms with Crippen LogP contribution < -0.4 is 14.8 Å². The Balaban J connectivity index is 2.66. The van der Waals surface area contributed by atoms with Gasteiger partial charge in [0.25, 0.3) is 0 Å². The SMILES string of the molecule is CCNCC(C)(O)COc1ccc(CO)cc1OC. The first-order valence-electron chi connectivity index (χ1n) is 6.36. The van der Waals surface area contributed by atoms with Crippen molar-refractivity contribution < 1.29 is 19.7 Å². The maximum absolute atomic E-state index is 10.1. The Hall–Kier alpha value is -1.30. The lowest BCUT2D eigenvalue weighted by molar-refractivity contribution is 0.0120. The molecule has 19 heavy (non-hydrogen) atoms. The molecule has 0 fully saturated rings. The maximum atomic E-state index is 10.1. The van der Waals surface area contributed by atoms with Crippen LogP contribution >= 0.6 is 0 Å². The molecule has 0 radical (unpaired) electrons. The fourth-order valence-electron chi connectivity index (χ4n) is 1.61. The zero-order valence-corrected chi connectivity index (χ0v) is 11.8. The summed E-state index contributed by atoms with van der Waals surface area (Å²) in [4.78, 5) is 0. The molecule has 1 aromatic rings. The highest BCUT2D eigenvalue weighted by Gasteiger charge is 2.21. The van der Waals surface area contributed by atoms with Gasteiger partial charge in [0.2, 0.25) is 0 Å². The van der Waals surface area contributed by atoms with Gasteiger partial charge in [-0.15, -0.1) is 0 Å². The predicted octanol–water partition coefficient (Wildman–Crippen LogP) is 0.927. The van der Waals surface area contributed by atoms with E-state index in [-0.39, 0.29) is 13.2 Å². The van der Waals surface area contributed by atoms with E-state index in [0.717, 1.165) is 12.1 Å². The average molecular weight is 269 g/mol. The molecule has 0 spiro atoms. The molecule has 1 unspecified atom stereocenters. The summed E-state index contributed by atoms with van der Waals surface area (Å²) in [6, 6.07) is 5.21. The zero-order chi connectivity index (χ0) is 14.3. The van der Waals surface area contributed by atoms with Gasteiger partial charge in [0, 0.05) is 6.54 Å². The summed E-state index contributed by atoms with van der Waals surface area (Å²) >= 11 is 0. The lowest BCUT2D eigenvalue weighted by Crippen LogP contribution is -2.42. The molecule has 0 saturated heterocycles. The van der Waals surface area contributed by atoms with Crippen LogP contribution in [0.25, 0.3) is 0 Å². The summed E-state index contributed by atoms with van der Waals surface area (Å²) in [7, 11) is 1.54. The number of hydrogen-bond donors (Lipinski definition) is 3. The van der Waals surface area contributed by atoms with Crippen molar-refractivity contribution in [2.24, 2.45) is 0 Å². The van der Waals surface area contributed by atoms with Gasteiger partial charge in [-0.2, -0.15) is 0 Å². The maximum Gasteiger partial charge on any atom is 0.161 e. The monoisotopic (exact) mass is 269 g/mol. The van der Waals surface area contributed by atoms with E-state index in [1.807, 2.05) is 6.92 Å². The Morgan fingerprint density at radius 2 is 2.05 bits per heavy atom. The smallest absolute Gasteiger partial charge is 0.161 e. The molecule has 0 amide bonds. The molecule has 1 rings (SSSR count). The molecule has 0 aromatic heterocycles. The topological polar surface area (TPSA) is 71.0 Å². The molecular weight excluding hydrogens is 246 g/mol. The Bertz CT molecular complexity index is 393. The van der Waals surface area contributed by atoms with E-state index in [2.05, 4.69) is 5.32 Å². The van der Waals surface area contributed by atoms with E-state index in [9.17, 15) is 5.11 Å². The van der Waals surface area contributed by atoms with Gasteiger partial charge >= 0.3 is 0 Å². The van der Waals surface area contributed by atoms with E-state index < -0.39 is 5.60 Å². The van der Waals surface area contributed by atoms with E-state index in [1.165, 1.54) is 0 Å². The Morgan fingerprint density at radius 1 is 1.32 bits per heavy atom. The van der Waals surface area contributed by atoms with Gasteiger partial charge in [0.1, 0.15) is 12.2 Å². The zero-order valence-electron chi connectivity index (χ0n) is 11.8. The van der Waals surface area contributed by atoms with Gasteiger partial charge in [0.05, 0.1) is 13.7 Å². The second kappa shape index (κ2) is 7.33. The molecule has 108 valence electrons. The average Bonchev–Trinajstić information content (AvgIpc) is 2.42. The molecule has 1 atom stereocenters. The van der Waals surface area contributed by atoms with E-state index in [0.29, 0.717) is 18.0 Å². The number of nitrogens with one attached hydrogen (secondary N) is 1. The molecule has 3 N–H and O–H groups in total. The summed E-state index contributed by atoms with van der Waals surface area (Å²) in [5.74, 6) is 1.10.